The van der Waals surface area contributed by atoms with Crippen molar-refractivity contribution in [2.45, 2.75) is 51.9 Å². The van der Waals surface area contributed by atoms with Crippen LogP contribution >= 0.6 is 0 Å². The molecule has 0 spiro atoms. The summed E-state index contributed by atoms with van der Waals surface area (Å²) in [4.78, 5) is 4.06. The lowest BCUT2D eigenvalue weighted by Gasteiger charge is -2.12. The standard InChI is InChI=1S/C12H20F3N3/c1-10(2)18-9-17-8-11(18)7-16-6-4-3-5-12(13,14)15/h8-10,16H,3-7H2,1-2H3. The lowest BCUT2D eigenvalue weighted by Crippen LogP contribution is -2.18. The van der Waals surface area contributed by atoms with Gasteiger partial charge in [-0.2, -0.15) is 13.2 Å². The smallest absolute Gasteiger partial charge is 0.331 e. The Bertz CT molecular complexity index is 345. The fraction of sp³-hybridized carbons (Fsp3) is 0.750. The molecule has 1 N–H and O–H groups in total. The van der Waals surface area contributed by atoms with Crippen LogP contribution in [0.3, 0.4) is 0 Å². The van der Waals surface area contributed by atoms with Gasteiger partial charge >= 0.3 is 6.18 Å². The fourth-order valence-electron chi connectivity index (χ4n) is 1.73. The van der Waals surface area contributed by atoms with Crippen molar-refractivity contribution in [3.05, 3.63) is 18.2 Å². The van der Waals surface area contributed by atoms with E-state index in [-0.39, 0.29) is 6.42 Å². The van der Waals surface area contributed by atoms with Crippen molar-refractivity contribution in [2.75, 3.05) is 6.54 Å². The number of halogens is 3. The summed E-state index contributed by atoms with van der Waals surface area (Å²) in [6.45, 7) is 5.37. The van der Waals surface area contributed by atoms with E-state index in [1.807, 2.05) is 4.57 Å². The summed E-state index contributed by atoms with van der Waals surface area (Å²) in [5.41, 5.74) is 1.06. The Morgan fingerprint density at radius 2 is 2.06 bits per heavy atom. The predicted octanol–water partition coefficient (Wildman–Crippen LogP) is 3.29. The molecular formula is C12H20F3N3. The molecule has 0 bridgehead atoms. The first-order chi connectivity index (χ1) is 8.40. The number of nitrogens with one attached hydrogen (secondary N) is 1. The Morgan fingerprint density at radius 1 is 1.33 bits per heavy atom. The molecule has 0 radical (unpaired) electrons. The number of nitrogens with zero attached hydrogens (tertiary/aromatic N) is 2. The monoisotopic (exact) mass is 263 g/mol. The molecule has 0 atom stereocenters. The average molecular weight is 263 g/mol. The van der Waals surface area contributed by atoms with Gasteiger partial charge in [0, 0.05) is 25.2 Å². The minimum Gasteiger partial charge on any atom is -0.331 e. The van der Waals surface area contributed by atoms with E-state index in [1.54, 1.807) is 12.5 Å². The Morgan fingerprint density at radius 3 is 2.67 bits per heavy atom. The molecule has 0 aromatic carbocycles. The topological polar surface area (TPSA) is 29.9 Å². The van der Waals surface area contributed by atoms with E-state index < -0.39 is 12.6 Å². The molecule has 0 aliphatic rings. The molecule has 0 aliphatic heterocycles. The summed E-state index contributed by atoms with van der Waals surface area (Å²) in [6.07, 6.45) is -0.460. The van der Waals surface area contributed by atoms with Gasteiger partial charge in [0.25, 0.3) is 0 Å². The second-order valence-electron chi connectivity index (χ2n) is 4.64. The number of unbranched alkanes of at least 4 members (excludes halogenated alkanes) is 1. The molecule has 104 valence electrons. The van der Waals surface area contributed by atoms with Crippen LogP contribution in [0.15, 0.2) is 12.5 Å². The molecule has 0 fully saturated rings. The Balaban J connectivity index is 2.16. The molecule has 18 heavy (non-hydrogen) atoms. The van der Waals surface area contributed by atoms with Crippen molar-refractivity contribution in [1.29, 1.82) is 0 Å². The third kappa shape index (κ3) is 5.53. The second kappa shape index (κ2) is 6.78. The number of hydrogen-bond donors (Lipinski definition) is 1. The van der Waals surface area contributed by atoms with E-state index in [1.165, 1.54) is 0 Å². The maximum Gasteiger partial charge on any atom is 0.389 e. The molecule has 3 nitrogen and oxygen atoms in total. The van der Waals surface area contributed by atoms with Gasteiger partial charge in [0.2, 0.25) is 0 Å². The normalized spacial score (nSPS) is 12.3. The maximum absolute atomic E-state index is 11.9. The fourth-order valence-corrected chi connectivity index (χ4v) is 1.73. The Labute approximate surface area is 105 Å². The quantitative estimate of drug-likeness (QED) is 0.765. The van der Waals surface area contributed by atoms with Crippen molar-refractivity contribution in [3.8, 4) is 0 Å². The van der Waals surface area contributed by atoms with Crippen molar-refractivity contribution >= 4 is 0 Å². The minimum absolute atomic E-state index is 0.180. The van der Waals surface area contributed by atoms with Crippen molar-refractivity contribution in [1.82, 2.24) is 14.9 Å². The number of hydrogen-bond acceptors (Lipinski definition) is 2. The van der Waals surface area contributed by atoms with E-state index in [4.69, 9.17) is 0 Å². The number of rotatable bonds is 7. The van der Waals surface area contributed by atoms with Crippen LogP contribution in [0.4, 0.5) is 13.2 Å². The first kappa shape index (κ1) is 15.0. The third-order valence-corrected chi connectivity index (χ3v) is 2.67. The van der Waals surface area contributed by atoms with Gasteiger partial charge in [-0.25, -0.2) is 4.98 Å². The highest BCUT2D eigenvalue weighted by molar-refractivity contribution is 4.99. The molecule has 1 aromatic heterocycles. The van der Waals surface area contributed by atoms with E-state index in [2.05, 4.69) is 24.1 Å². The largest absolute Gasteiger partial charge is 0.389 e. The molecule has 1 aromatic rings. The number of aromatic nitrogens is 2. The van der Waals surface area contributed by atoms with Gasteiger partial charge in [-0.3, -0.25) is 0 Å². The molecule has 0 saturated heterocycles. The van der Waals surface area contributed by atoms with E-state index in [0.717, 1.165) is 5.69 Å². The van der Waals surface area contributed by atoms with Gasteiger partial charge in [-0.15, -0.1) is 0 Å². The lowest BCUT2D eigenvalue weighted by molar-refractivity contribution is -0.135. The summed E-state index contributed by atoms with van der Waals surface area (Å²) in [5, 5.41) is 3.14. The highest BCUT2D eigenvalue weighted by atomic mass is 19.4. The summed E-state index contributed by atoms with van der Waals surface area (Å²) in [7, 11) is 0. The third-order valence-electron chi connectivity index (χ3n) is 2.67. The molecule has 0 amide bonds. The summed E-state index contributed by atoms with van der Waals surface area (Å²) in [6, 6.07) is 0.342. The van der Waals surface area contributed by atoms with Crippen LogP contribution in [0.1, 0.15) is 44.8 Å². The van der Waals surface area contributed by atoms with Crippen LogP contribution < -0.4 is 5.32 Å². The summed E-state index contributed by atoms with van der Waals surface area (Å²) >= 11 is 0. The molecular weight excluding hydrogens is 243 g/mol. The van der Waals surface area contributed by atoms with Crippen LogP contribution in [-0.4, -0.2) is 22.3 Å². The van der Waals surface area contributed by atoms with Gasteiger partial charge in [-0.05, 0) is 33.2 Å². The van der Waals surface area contributed by atoms with Gasteiger partial charge < -0.3 is 9.88 Å². The maximum atomic E-state index is 11.9. The van der Waals surface area contributed by atoms with Crippen LogP contribution in [0.5, 0.6) is 0 Å². The molecule has 0 unspecified atom stereocenters. The lowest BCUT2D eigenvalue weighted by atomic mass is 10.2. The van der Waals surface area contributed by atoms with Gasteiger partial charge in [0.15, 0.2) is 0 Å². The number of alkyl halides is 3. The zero-order valence-electron chi connectivity index (χ0n) is 10.8. The number of imidazole rings is 1. The first-order valence-corrected chi connectivity index (χ1v) is 6.18. The van der Waals surface area contributed by atoms with Gasteiger partial charge in [0.1, 0.15) is 0 Å². The van der Waals surface area contributed by atoms with E-state index in [9.17, 15) is 13.2 Å². The average Bonchev–Trinajstić information content (AvgIpc) is 2.69. The van der Waals surface area contributed by atoms with Crippen LogP contribution in [0.2, 0.25) is 0 Å². The molecule has 1 heterocycles. The van der Waals surface area contributed by atoms with Crippen LogP contribution in [0, 0.1) is 0 Å². The zero-order chi connectivity index (χ0) is 13.6. The first-order valence-electron chi connectivity index (χ1n) is 6.18. The molecule has 1 rings (SSSR count). The van der Waals surface area contributed by atoms with Crippen LogP contribution in [0.25, 0.3) is 0 Å². The van der Waals surface area contributed by atoms with Gasteiger partial charge in [-0.1, -0.05) is 0 Å². The highest BCUT2D eigenvalue weighted by Crippen LogP contribution is 2.21. The molecule has 0 saturated carbocycles. The van der Waals surface area contributed by atoms with E-state index >= 15 is 0 Å². The predicted molar refractivity (Wildman–Crippen MR) is 64.2 cm³/mol. The Hall–Kier alpha value is -1.04. The summed E-state index contributed by atoms with van der Waals surface area (Å²) < 4.78 is 37.7. The highest BCUT2D eigenvalue weighted by Gasteiger charge is 2.25. The molecule has 6 heteroatoms. The van der Waals surface area contributed by atoms with Crippen molar-refractivity contribution in [3.63, 3.8) is 0 Å². The van der Waals surface area contributed by atoms with Crippen molar-refractivity contribution < 1.29 is 13.2 Å². The summed E-state index contributed by atoms with van der Waals surface area (Å²) in [5.74, 6) is 0. The molecule has 0 aliphatic carbocycles. The van der Waals surface area contributed by atoms with Crippen LogP contribution in [-0.2, 0) is 6.54 Å². The minimum atomic E-state index is -4.03. The zero-order valence-corrected chi connectivity index (χ0v) is 10.8. The SMILES string of the molecule is CC(C)n1cncc1CNCCCCC(F)(F)F. The van der Waals surface area contributed by atoms with E-state index in [0.29, 0.717) is 25.6 Å². The van der Waals surface area contributed by atoms with Crippen molar-refractivity contribution in [2.24, 2.45) is 0 Å². The van der Waals surface area contributed by atoms with Gasteiger partial charge in [0.05, 0.1) is 12.0 Å². The Kier molecular flexibility index (Phi) is 5.65. The second-order valence-corrected chi connectivity index (χ2v) is 4.64.